The first-order chi connectivity index (χ1) is 6.55. The van der Waals surface area contributed by atoms with Crippen LogP contribution in [-0.4, -0.2) is 16.6 Å². The van der Waals surface area contributed by atoms with Gasteiger partial charge in [0.1, 0.15) is 0 Å². The number of phenolic OH excluding ortho intramolecular Hbond substituents is 1. The average molecular weight is 280 g/mol. The predicted octanol–water partition coefficient (Wildman–Crippen LogP) is 1.72. The second-order valence-corrected chi connectivity index (χ2v) is 5.23. The van der Waals surface area contributed by atoms with Crippen LogP contribution < -0.4 is 9.42 Å². The van der Waals surface area contributed by atoms with Crippen molar-refractivity contribution in [2.75, 3.05) is 11.5 Å². The molecule has 1 aromatic rings. The minimum atomic E-state index is -3.90. The van der Waals surface area contributed by atoms with E-state index in [0.29, 0.717) is 5.33 Å². The van der Waals surface area contributed by atoms with E-state index in [4.69, 9.17) is 4.52 Å². The minimum absolute atomic E-state index is 0.0354. The molecule has 0 amide bonds. The van der Waals surface area contributed by atoms with Crippen LogP contribution >= 0.6 is 23.5 Å². The van der Waals surface area contributed by atoms with Gasteiger partial charge in [-0.2, -0.15) is 0 Å². The molecular weight excluding hydrogens is 271 g/mol. The van der Waals surface area contributed by atoms with Gasteiger partial charge < -0.3 is 14.5 Å². The van der Waals surface area contributed by atoms with Gasteiger partial charge in [0.2, 0.25) is 0 Å². The molecule has 0 saturated heterocycles. The quantitative estimate of drug-likeness (QED) is 0.673. The van der Waals surface area contributed by atoms with Crippen molar-refractivity contribution in [3.8, 4) is 11.5 Å². The summed E-state index contributed by atoms with van der Waals surface area (Å²) in [4.78, 5) is 11.2. The number of para-hydroxylation sites is 2. The smallest absolute Gasteiger partial charge is 0.185 e. The Morgan fingerprint density at radius 1 is 1.50 bits per heavy atom. The van der Waals surface area contributed by atoms with E-state index in [2.05, 4.69) is 15.9 Å². The molecule has 78 valence electrons. The van der Waals surface area contributed by atoms with Crippen molar-refractivity contribution in [3.05, 3.63) is 24.3 Å². The number of alkyl halides is 1. The first-order valence-corrected chi connectivity index (χ1v) is 6.74. The highest BCUT2D eigenvalue weighted by molar-refractivity contribution is 9.09. The normalized spacial score (nSPS) is 14.7. The van der Waals surface area contributed by atoms with Crippen LogP contribution in [0.3, 0.4) is 0 Å². The summed E-state index contributed by atoms with van der Waals surface area (Å²) in [5.74, 6) is -0.218. The van der Waals surface area contributed by atoms with E-state index in [1.165, 1.54) is 12.1 Å². The largest absolute Gasteiger partial charge is 0.769 e. The van der Waals surface area contributed by atoms with Crippen molar-refractivity contribution in [1.29, 1.82) is 0 Å². The maximum atomic E-state index is 11.2. The lowest BCUT2D eigenvalue weighted by molar-refractivity contribution is -0.190. The summed E-state index contributed by atoms with van der Waals surface area (Å²) in [5, 5.41) is 9.55. The Morgan fingerprint density at radius 2 is 2.14 bits per heavy atom. The molecule has 1 unspecified atom stereocenters. The predicted molar refractivity (Wildman–Crippen MR) is 55.0 cm³/mol. The zero-order chi connectivity index (χ0) is 10.6. The Hall–Kier alpha value is -0.510. The third-order valence-electron chi connectivity index (χ3n) is 1.46. The summed E-state index contributed by atoms with van der Waals surface area (Å²) < 4.78 is 15.9. The average Bonchev–Trinajstić information content (AvgIpc) is 2.08. The molecule has 0 saturated carbocycles. The zero-order valence-corrected chi connectivity index (χ0v) is 9.70. The van der Waals surface area contributed by atoms with Gasteiger partial charge in [0, 0.05) is 11.5 Å². The molecule has 0 aliphatic heterocycles. The molecule has 1 atom stereocenters. The van der Waals surface area contributed by atoms with E-state index in [0.717, 1.165) is 0 Å². The van der Waals surface area contributed by atoms with Crippen molar-refractivity contribution in [1.82, 2.24) is 0 Å². The number of halogens is 1. The molecule has 0 radical (unpaired) electrons. The third-order valence-corrected chi connectivity index (χ3v) is 3.72. The fraction of sp³-hybridized carbons (Fsp3) is 0.250. The SMILES string of the molecule is O=P([O-])(CCBr)Oc1ccccc1O. The van der Waals surface area contributed by atoms with Gasteiger partial charge >= 0.3 is 0 Å². The molecule has 0 aliphatic rings. The van der Waals surface area contributed by atoms with E-state index in [9.17, 15) is 14.6 Å². The molecule has 14 heavy (non-hydrogen) atoms. The summed E-state index contributed by atoms with van der Waals surface area (Å²) in [7, 11) is -3.90. The lowest BCUT2D eigenvalue weighted by atomic mass is 10.3. The molecule has 1 aromatic carbocycles. The molecule has 0 aliphatic carbocycles. The number of benzene rings is 1. The van der Waals surface area contributed by atoms with Gasteiger partial charge in [-0.3, -0.25) is 4.57 Å². The summed E-state index contributed by atoms with van der Waals surface area (Å²) in [5.41, 5.74) is 0. The molecular formula is C8H9BrO4P-. The van der Waals surface area contributed by atoms with Gasteiger partial charge in [-0.25, -0.2) is 0 Å². The number of phenols is 1. The third kappa shape index (κ3) is 3.33. The highest BCUT2D eigenvalue weighted by Crippen LogP contribution is 2.41. The van der Waals surface area contributed by atoms with Gasteiger partial charge in [-0.1, -0.05) is 28.1 Å². The first kappa shape index (κ1) is 11.6. The topological polar surface area (TPSA) is 69.6 Å². The molecule has 0 spiro atoms. The van der Waals surface area contributed by atoms with E-state index in [1.807, 2.05) is 0 Å². The van der Waals surface area contributed by atoms with Crippen molar-refractivity contribution in [2.24, 2.45) is 0 Å². The number of hydrogen-bond donors (Lipinski definition) is 1. The van der Waals surface area contributed by atoms with Crippen LogP contribution in [0, 0.1) is 0 Å². The van der Waals surface area contributed by atoms with Crippen LogP contribution in [-0.2, 0) is 4.57 Å². The van der Waals surface area contributed by atoms with Crippen LogP contribution in [0.15, 0.2) is 24.3 Å². The molecule has 0 aromatic heterocycles. The monoisotopic (exact) mass is 279 g/mol. The summed E-state index contributed by atoms with van der Waals surface area (Å²) in [6, 6.07) is 5.93. The highest BCUT2D eigenvalue weighted by atomic mass is 79.9. The standard InChI is InChI=1S/C8H10BrO4P/c9-5-6-14(11,12)13-8-4-2-1-3-7(8)10/h1-4,10H,5-6H2,(H,11,12)/p-1. The number of rotatable bonds is 4. The van der Waals surface area contributed by atoms with Crippen molar-refractivity contribution in [2.45, 2.75) is 0 Å². The highest BCUT2D eigenvalue weighted by Gasteiger charge is 2.11. The Morgan fingerprint density at radius 3 is 2.71 bits per heavy atom. The Balaban J connectivity index is 2.78. The van der Waals surface area contributed by atoms with Gasteiger partial charge in [-0.05, 0) is 12.1 Å². The lowest BCUT2D eigenvalue weighted by Gasteiger charge is -2.23. The van der Waals surface area contributed by atoms with Crippen LogP contribution in [0.5, 0.6) is 11.5 Å². The van der Waals surface area contributed by atoms with Crippen molar-refractivity contribution >= 4 is 23.5 Å². The van der Waals surface area contributed by atoms with Crippen molar-refractivity contribution in [3.63, 3.8) is 0 Å². The second kappa shape index (κ2) is 4.82. The lowest BCUT2D eigenvalue weighted by Crippen LogP contribution is -2.11. The van der Waals surface area contributed by atoms with Crippen LogP contribution in [0.2, 0.25) is 0 Å². The maximum Gasteiger partial charge on any atom is 0.185 e. The first-order valence-electron chi connectivity index (χ1n) is 3.89. The van der Waals surface area contributed by atoms with Crippen LogP contribution in [0.25, 0.3) is 0 Å². The van der Waals surface area contributed by atoms with Gasteiger partial charge in [-0.15, -0.1) is 0 Å². The van der Waals surface area contributed by atoms with Crippen LogP contribution in [0.1, 0.15) is 0 Å². The van der Waals surface area contributed by atoms with E-state index >= 15 is 0 Å². The molecule has 1 rings (SSSR count). The van der Waals surface area contributed by atoms with Gasteiger partial charge in [0.15, 0.2) is 19.1 Å². The molecule has 0 heterocycles. The van der Waals surface area contributed by atoms with Crippen molar-refractivity contribution < 1.29 is 19.1 Å². The Bertz CT molecular complexity index is 355. The van der Waals surface area contributed by atoms with Gasteiger partial charge in [0.25, 0.3) is 0 Å². The zero-order valence-electron chi connectivity index (χ0n) is 7.22. The molecule has 4 nitrogen and oxygen atoms in total. The summed E-state index contributed by atoms with van der Waals surface area (Å²) in [6.45, 7) is 0. The van der Waals surface area contributed by atoms with E-state index in [1.54, 1.807) is 12.1 Å². The number of hydrogen-bond acceptors (Lipinski definition) is 4. The summed E-state index contributed by atoms with van der Waals surface area (Å²) >= 11 is 3.00. The Kier molecular flexibility index (Phi) is 3.98. The fourth-order valence-electron chi connectivity index (χ4n) is 0.833. The van der Waals surface area contributed by atoms with E-state index in [-0.39, 0.29) is 17.7 Å². The molecule has 6 heteroatoms. The van der Waals surface area contributed by atoms with Gasteiger partial charge in [0.05, 0.1) is 0 Å². The minimum Gasteiger partial charge on any atom is -0.769 e. The van der Waals surface area contributed by atoms with E-state index < -0.39 is 7.60 Å². The maximum absolute atomic E-state index is 11.2. The van der Waals surface area contributed by atoms with Crippen LogP contribution in [0.4, 0.5) is 0 Å². The Labute approximate surface area is 90.2 Å². The molecule has 0 bridgehead atoms. The fourth-order valence-corrected chi connectivity index (χ4v) is 2.89. The number of aromatic hydroxyl groups is 1. The molecule has 0 fully saturated rings. The second-order valence-electron chi connectivity index (χ2n) is 2.58. The molecule has 1 N–H and O–H groups in total. The summed E-state index contributed by atoms with van der Waals surface area (Å²) in [6.07, 6.45) is -0.110.